The Morgan fingerprint density at radius 3 is 2.79 bits per heavy atom. The molecule has 28 heavy (non-hydrogen) atoms. The van der Waals surface area contributed by atoms with Crippen molar-refractivity contribution in [2.24, 2.45) is 0 Å². The van der Waals surface area contributed by atoms with Crippen LogP contribution in [0, 0.1) is 0 Å². The van der Waals surface area contributed by atoms with Crippen molar-refractivity contribution in [2.45, 2.75) is 0 Å². The van der Waals surface area contributed by atoms with Crippen LogP contribution in [-0.2, 0) is 9.53 Å². The van der Waals surface area contributed by atoms with E-state index in [4.69, 9.17) is 14.5 Å². The van der Waals surface area contributed by atoms with Gasteiger partial charge in [0.1, 0.15) is 11.6 Å². The van der Waals surface area contributed by atoms with Gasteiger partial charge in [-0.3, -0.25) is 9.78 Å². The highest BCUT2D eigenvalue weighted by molar-refractivity contribution is 5.68. The summed E-state index contributed by atoms with van der Waals surface area (Å²) in [5.41, 5.74) is 2.38. The third-order valence-electron chi connectivity index (χ3n) is 4.26. The predicted octanol–water partition coefficient (Wildman–Crippen LogP) is 2.65. The number of carbonyl (C=O) groups excluding carboxylic acids is 1. The van der Waals surface area contributed by atoms with Gasteiger partial charge in [-0.2, -0.15) is 4.98 Å². The number of pyridine rings is 1. The molecule has 0 radical (unpaired) electrons. The second kappa shape index (κ2) is 8.45. The lowest BCUT2D eigenvalue weighted by molar-refractivity contribution is -0.120. The highest BCUT2D eigenvalue weighted by Crippen LogP contribution is 2.27. The second-order valence-corrected chi connectivity index (χ2v) is 6.15. The third-order valence-corrected chi connectivity index (χ3v) is 4.26. The average Bonchev–Trinajstić information content (AvgIpc) is 2.75. The van der Waals surface area contributed by atoms with E-state index < -0.39 is 0 Å². The van der Waals surface area contributed by atoms with Gasteiger partial charge in [-0.1, -0.05) is 12.1 Å². The fraction of sp³-hybridized carbons (Fsp3) is 0.200. The smallest absolute Gasteiger partial charge is 0.298 e. The van der Waals surface area contributed by atoms with Crippen molar-refractivity contribution >= 4 is 23.9 Å². The van der Waals surface area contributed by atoms with E-state index in [0.29, 0.717) is 37.2 Å². The zero-order valence-electron chi connectivity index (χ0n) is 15.1. The lowest BCUT2D eigenvalue weighted by Gasteiger charge is -2.27. The zero-order valence-corrected chi connectivity index (χ0v) is 15.1. The molecule has 3 aromatic rings. The molecule has 3 heterocycles. The maximum absolute atomic E-state index is 10.7. The van der Waals surface area contributed by atoms with E-state index in [-0.39, 0.29) is 0 Å². The van der Waals surface area contributed by atoms with Crippen molar-refractivity contribution in [1.29, 1.82) is 0 Å². The quantitative estimate of drug-likeness (QED) is 0.656. The molecule has 0 spiro atoms. The number of hydrogen-bond donors (Lipinski definition) is 1. The van der Waals surface area contributed by atoms with Gasteiger partial charge in [0.15, 0.2) is 0 Å². The number of aromatic nitrogens is 3. The summed E-state index contributed by atoms with van der Waals surface area (Å²) in [6.45, 7) is 3.14. The van der Waals surface area contributed by atoms with Crippen molar-refractivity contribution < 1.29 is 14.3 Å². The minimum atomic E-state index is 0.410. The topological polar surface area (TPSA) is 89.5 Å². The summed E-state index contributed by atoms with van der Waals surface area (Å²) in [4.78, 5) is 26.3. The number of anilines is 3. The molecule has 0 unspecified atom stereocenters. The first-order chi connectivity index (χ1) is 13.8. The Bertz CT molecular complexity index is 946. The molecule has 1 aromatic carbocycles. The molecule has 0 saturated carbocycles. The fourth-order valence-electron chi connectivity index (χ4n) is 2.92. The molecule has 1 aliphatic rings. The summed E-state index contributed by atoms with van der Waals surface area (Å²) in [6, 6.07) is 12.9. The largest absolute Gasteiger partial charge is 0.429 e. The molecule has 1 N–H and O–H groups in total. The van der Waals surface area contributed by atoms with Gasteiger partial charge >= 0.3 is 0 Å². The standard InChI is InChI=1S/C20H19N5O3/c26-14-28-17-5-1-3-15(11-17)18-12-19(22-16-4-2-6-21-13-16)24-20(23-18)25-7-9-27-10-8-25/h1-6,11-14H,7-10H2,(H,22,23,24). The molecular weight excluding hydrogens is 358 g/mol. The van der Waals surface area contributed by atoms with E-state index in [1.165, 1.54) is 0 Å². The molecule has 8 heteroatoms. The minimum Gasteiger partial charge on any atom is -0.429 e. The molecule has 8 nitrogen and oxygen atoms in total. The van der Waals surface area contributed by atoms with Gasteiger partial charge in [-0.25, -0.2) is 4.98 Å². The number of ether oxygens (including phenoxy) is 2. The first kappa shape index (κ1) is 17.9. The summed E-state index contributed by atoms with van der Waals surface area (Å²) in [5, 5.41) is 3.27. The number of rotatable bonds is 6. The lowest BCUT2D eigenvalue weighted by Crippen LogP contribution is -2.37. The average molecular weight is 377 g/mol. The normalized spacial score (nSPS) is 13.8. The Morgan fingerprint density at radius 1 is 1.11 bits per heavy atom. The molecule has 2 aromatic heterocycles. The maximum Gasteiger partial charge on any atom is 0.298 e. The molecule has 0 bridgehead atoms. The number of benzene rings is 1. The summed E-state index contributed by atoms with van der Waals surface area (Å²) in [7, 11) is 0. The minimum absolute atomic E-state index is 0.410. The van der Waals surface area contributed by atoms with Crippen LogP contribution in [0.4, 0.5) is 17.5 Å². The molecule has 0 aliphatic carbocycles. The van der Waals surface area contributed by atoms with Crippen LogP contribution in [0.15, 0.2) is 54.9 Å². The zero-order chi connectivity index (χ0) is 19.2. The van der Waals surface area contributed by atoms with Crippen LogP contribution in [-0.4, -0.2) is 47.7 Å². The van der Waals surface area contributed by atoms with E-state index >= 15 is 0 Å². The summed E-state index contributed by atoms with van der Waals surface area (Å²) < 4.78 is 10.4. The molecule has 4 rings (SSSR count). The van der Waals surface area contributed by atoms with Crippen molar-refractivity contribution in [3.63, 3.8) is 0 Å². The van der Waals surface area contributed by atoms with Crippen molar-refractivity contribution in [3.05, 3.63) is 54.9 Å². The van der Waals surface area contributed by atoms with Gasteiger partial charge in [0.05, 0.1) is 30.8 Å². The SMILES string of the molecule is O=COc1cccc(-c2cc(Nc3cccnc3)nc(N3CCOCC3)n2)c1. The van der Waals surface area contributed by atoms with E-state index in [2.05, 4.69) is 20.2 Å². The first-order valence-corrected chi connectivity index (χ1v) is 8.91. The Morgan fingerprint density at radius 2 is 2.00 bits per heavy atom. The Labute approximate surface area is 162 Å². The monoisotopic (exact) mass is 377 g/mol. The van der Waals surface area contributed by atoms with Crippen molar-refractivity contribution in [1.82, 2.24) is 15.0 Å². The number of nitrogens with one attached hydrogen (secondary N) is 1. The summed E-state index contributed by atoms with van der Waals surface area (Å²) in [6.07, 6.45) is 3.45. The highest BCUT2D eigenvalue weighted by Gasteiger charge is 2.17. The van der Waals surface area contributed by atoms with Gasteiger partial charge < -0.3 is 19.7 Å². The number of carbonyl (C=O) groups is 1. The van der Waals surface area contributed by atoms with Gasteiger partial charge in [-0.05, 0) is 24.3 Å². The molecule has 0 amide bonds. The van der Waals surface area contributed by atoms with Crippen molar-refractivity contribution in [3.8, 4) is 17.0 Å². The third kappa shape index (κ3) is 4.24. The Hall–Kier alpha value is -3.52. The van der Waals surface area contributed by atoms with Gasteiger partial charge in [0.2, 0.25) is 5.95 Å². The van der Waals surface area contributed by atoms with Crippen LogP contribution < -0.4 is 15.0 Å². The Balaban J connectivity index is 1.72. The van der Waals surface area contributed by atoms with Crippen LogP contribution in [0.5, 0.6) is 5.75 Å². The highest BCUT2D eigenvalue weighted by atomic mass is 16.5. The molecule has 142 valence electrons. The van der Waals surface area contributed by atoms with Gasteiger partial charge in [0, 0.05) is 30.9 Å². The molecule has 0 atom stereocenters. The molecule has 1 aliphatic heterocycles. The predicted molar refractivity (Wildman–Crippen MR) is 105 cm³/mol. The van der Waals surface area contributed by atoms with Gasteiger partial charge in [0.25, 0.3) is 6.47 Å². The van der Waals surface area contributed by atoms with Crippen LogP contribution in [0.25, 0.3) is 11.3 Å². The Kier molecular flexibility index (Phi) is 5.39. The van der Waals surface area contributed by atoms with E-state index in [1.54, 1.807) is 24.5 Å². The molecule has 1 fully saturated rings. The number of morpholine rings is 1. The van der Waals surface area contributed by atoms with E-state index in [0.717, 1.165) is 30.0 Å². The van der Waals surface area contributed by atoms with E-state index in [1.807, 2.05) is 30.3 Å². The second-order valence-electron chi connectivity index (χ2n) is 6.15. The lowest BCUT2D eigenvalue weighted by atomic mass is 10.1. The molecule has 1 saturated heterocycles. The maximum atomic E-state index is 10.7. The van der Waals surface area contributed by atoms with Gasteiger partial charge in [-0.15, -0.1) is 0 Å². The fourth-order valence-corrected chi connectivity index (χ4v) is 2.92. The summed E-state index contributed by atoms with van der Waals surface area (Å²) >= 11 is 0. The first-order valence-electron chi connectivity index (χ1n) is 8.91. The van der Waals surface area contributed by atoms with Crippen molar-refractivity contribution in [2.75, 3.05) is 36.5 Å². The van der Waals surface area contributed by atoms with Crippen LogP contribution >= 0.6 is 0 Å². The van der Waals surface area contributed by atoms with Crippen LogP contribution in [0.2, 0.25) is 0 Å². The molecular formula is C20H19N5O3. The van der Waals surface area contributed by atoms with Crippen LogP contribution in [0.1, 0.15) is 0 Å². The summed E-state index contributed by atoms with van der Waals surface area (Å²) in [5.74, 6) is 1.73. The number of nitrogens with zero attached hydrogens (tertiary/aromatic N) is 4. The van der Waals surface area contributed by atoms with Crippen LogP contribution in [0.3, 0.4) is 0 Å². The number of hydrogen-bond acceptors (Lipinski definition) is 8. The van der Waals surface area contributed by atoms with E-state index in [9.17, 15) is 4.79 Å².